The minimum Gasteiger partial charge on any atom is -0.481 e. The number of carboxylic acid groups (broad SMARTS) is 1. The van der Waals surface area contributed by atoms with Gasteiger partial charge in [-0.25, -0.2) is 4.79 Å². The summed E-state index contributed by atoms with van der Waals surface area (Å²) in [6.45, 7) is 3.39. The molecule has 2 heterocycles. The van der Waals surface area contributed by atoms with E-state index in [1.807, 2.05) is 31.2 Å². The van der Waals surface area contributed by atoms with E-state index in [-0.39, 0.29) is 17.9 Å². The van der Waals surface area contributed by atoms with Crippen LogP contribution in [-0.4, -0.2) is 53.6 Å². The van der Waals surface area contributed by atoms with E-state index in [2.05, 4.69) is 5.32 Å². The second-order valence-electron chi connectivity index (χ2n) is 6.72. The molecule has 1 aromatic rings. The van der Waals surface area contributed by atoms with Crippen LogP contribution in [0, 0.1) is 12.8 Å². The summed E-state index contributed by atoms with van der Waals surface area (Å²) >= 11 is 0. The number of likely N-dealkylation sites (tertiary alicyclic amines) is 1. The van der Waals surface area contributed by atoms with Crippen molar-refractivity contribution >= 4 is 23.6 Å². The summed E-state index contributed by atoms with van der Waals surface area (Å²) in [4.78, 5) is 39.2. The van der Waals surface area contributed by atoms with E-state index in [0.29, 0.717) is 38.9 Å². The predicted molar refractivity (Wildman–Crippen MR) is 92.4 cm³/mol. The van der Waals surface area contributed by atoms with Gasteiger partial charge in [0.25, 0.3) is 0 Å². The van der Waals surface area contributed by atoms with Crippen LogP contribution >= 0.6 is 0 Å². The lowest BCUT2D eigenvalue weighted by Crippen LogP contribution is -2.50. The van der Waals surface area contributed by atoms with Gasteiger partial charge in [0.2, 0.25) is 5.91 Å². The highest BCUT2D eigenvalue weighted by atomic mass is 16.4. The molecule has 0 aliphatic carbocycles. The van der Waals surface area contributed by atoms with Gasteiger partial charge in [-0.2, -0.15) is 0 Å². The Hall–Kier alpha value is -2.57. The summed E-state index contributed by atoms with van der Waals surface area (Å²) in [5.74, 6) is -1.29. The van der Waals surface area contributed by atoms with Crippen molar-refractivity contribution in [1.29, 1.82) is 0 Å². The zero-order valence-electron chi connectivity index (χ0n) is 14.3. The summed E-state index contributed by atoms with van der Waals surface area (Å²) in [7, 11) is 0. The van der Waals surface area contributed by atoms with E-state index >= 15 is 0 Å². The number of nitrogens with zero attached hydrogens (tertiary/aromatic N) is 2. The second-order valence-corrected chi connectivity index (χ2v) is 6.72. The molecule has 7 heteroatoms. The van der Waals surface area contributed by atoms with Crippen molar-refractivity contribution < 1.29 is 19.5 Å². The highest BCUT2D eigenvalue weighted by Gasteiger charge is 2.35. The smallest absolute Gasteiger partial charge is 0.318 e. The number of amides is 3. The van der Waals surface area contributed by atoms with Gasteiger partial charge in [-0.15, -0.1) is 0 Å². The first-order chi connectivity index (χ1) is 12.0. The molecule has 0 aromatic heterocycles. The number of anilines is 1. The molecular weight excluding hydrogens is 322 g/mol. The van der Waals surface area contributed by atoms with E-state index in [0.717, 1.165) is 11.3 Å². The molecule has 1 atom stereocenters. The van der Waals surface area contributed by atoms with Crippen LogP contribution in [0.5, 0.6) is 0 Å². The second kappa shape index (κ2) is 7.13. The molecule has 2 N–H and O–H groups in total. The fraction of sp³-hybridized carbons (Fsp3) is 0.500. The normalized spacial score (nSPS) is 21.5. The van der Waals surface area contributed by atoms with Crippen LogP contribution in [0.25, 0.3) is 0 Å². The zero-order chi connectivity index (χ0) is 18.0. The van der Waals surface area contributed by atoms with Crippen LogP contribution in [0.15, 0.2) is 24.3 Å². The molecule has 0 saturated carbocycles. The number of aryl methyl sites for hydroxylation is 1. The van der Waals surface area contributed by atoms with Gasteiger partial charge in [-0.3, -0.25) is 9.59 Å². The monoisotopic (exact) mass is 345 g/mol. The minimum absolute atomic E-state index is 0.0994. The van der Waals surface area contributed by atoms with Gasteiger partial charge in [-0.05, 0) is 38.3 Å². The molecule has 0 radical (unpaired) electrons. The van der Waals surface area contributed by atoms with Crippen LogP contribution in [0.2, 0.25) is 0 Å². The molecule has 3 rings (SSSR count). The largest absolute Gasteiger partial charge is 0.481 e. The Bertz CT molecular complexity index is 665. The van der Waals surface area contributed by atoms with E-state index in [4.69, 9.17) is 5.11 Å². The molecule has 2 fully saturated rings. The third kappa shape index (κ3) is 3.75. The summed E-state index contributed by atoms with van der Waals surface area (Å²) in [6, 6.07) is 6.93. The Morgan fingerprint density at radius 2 is 1.72 bits per heavy atom. The Labute approximate surface area is 146 Å². The molecule has 1 unspecified atom stereocenters. The van der Waals surface area contributed by atoms with Crippen molar-refractivity contribution in [2.24, 2.45) is 5.92 Å². The average molecular weight is 345 g/mol. The molecule has 2 aliphatic rings. The minimum atomic E-state index is -0.806. The summed E-state index contributed by atoms with van der Waals surface area (Å²) in [6.07, 6.45) is 1.48. The van der Waals surface area contributed by atoms with E-state index in [1.165, 1.54) is 0 Å². The number of carbonyl (C=O) groups is 3. The van der Waals surface area contributed by atoms with Gasteiger partial charge < -0.3 is 20.2 Å². The lowest BCUT2D eigenvalue weighted by molar-refractivity contribution is -0.143. The Kier molecular flexibility index (Phi) is 4.92. The van der Waals surface area contributed by atoms with Gasteiger partial charge in [0.1, 0.15) is 6.04 Å². The standard InChI is InChI=1S/C18H23N3O4/c1-12-2-4-14(5-3-12)21-11-8-15(16(21)22)19-18(25)20-9-6-13(7-10-20)17(23)24/h2-5,13,15H,6-11H2,1H3,(H,19,25)(H,23,24). The average Bonchev–Trinajstić information content (AvgIpc) is 2.96. The number of nitrogens with one attached hydrogen (secondary N) is 1. The first-order valence-electron chi connectivity index (χ1n) is 8.62. The molecule has 25 heavy (non-hydrogen) atoms. The molecule has 134 valence electrons. The third-order valence-electron chi connectivity index (χ3n) is 4.98. The van der Waals surface area contributed by atoms with Crippen LogP contribution in [0.3, 0.4) is 0 Å². The van der Waals surface area contributed by atoms with Crippen molar-refractivity contribution in [3.8, 4) is 0 Å². The molecule has 0 spiro atoms. The lowest BCUT2D eigenvalue weighted by Gasteiger charge is -2.31. The Morgan fingerprint density at radius 1 is 1.08 bits per heavy atom. The summed E-state index contributed by atoms with van der Waals surface area (Å²) < 4.78 is 0. The zero-order valence-corrected chi connectivity index (χ0v) is 14.3. The van der Waals surface area contributed by atoms with Crippen LogP contribution in [-0.2, 0) is 9.59 Å². The molecule has 2 saturated heterocycles. The number of piperidine rings is 1. The summed E-state index contributed by atoms with van der Waals surface area (Å²) in [5.41, 5.74) is 1.97. The number of carboxylic acids is 1. The van der Waals surface area contributed by atoms with Crippen LogP contribution < -0.4 is 10.2 Å². The van der Waals surface area contributed by atoms with Crippen LogP contribution in [0.4, 0.5) is 10.5 Å². The molecule has 2 aliphatic heterocycles. The van der Waals surface area contributed by atoms with Crippen molar-refractivity contribution in [2.45, 2.75) is 32.2 Å². The molecule has 0 bridgehead atoms. The topological polar surface area (TPSA) is 90.0 Å². The summed E-state index contributed by atoms with van der Waals surface area (Å²) in [5, 5.41) is 11.8. The first kappa shape index (κ1) is 17.3. The van der Waals surface area contributed by atoms with Gasteiger partial charge in [0, 0.05) is 25.3 Å². The van der Waals surface area contributed by atoms with E-state index < -0.39 is 12.0 Å². The number of benzene rings is 1. The van der Waals surface area contributed by atoms with Gasteiger partial charge in [0.15, 0.2) is 0 Å². The quantitative estimate of drug-likeness (QED) is 0.871. The van der Waals surface area contributed by atoms with Gasteiger partial charge in [0.05, 0.1) is 5.92 Å². The van der Waals surface area contributed by atoms with E-state index in [1.54, 1.807) is 9.80 Å². The van der Waals surface area contributed by atoms with E-state index in [9.17, 15) is 14.4 Å². The maximum atomic E-state index is 12.6. The van der Waals surface area contributed by atoms with Crippen molar-refractivity contribution in [3.63, 3.8) is 0 Å². The van der Waals surface area contributed by atoms with Gasteiger partial charge in [-0.1, -0.05) is 17.7 Å². The Balaban J connectivity index is 1.55. The van der Waals surface area contributed by atoms with Crippen molar-refractivity contribution in [3.05, 3.63) is 29.8 Å². The van der Waals surface area contributed by atoms with Crippen molar-refractivity contribution in [1.82, 2.24) is 10.2 Å². The van der Waals surface area contributed by atoms with Gasteiger partial charge >= 0.3 is 12.0 Å². The SMILES string of the molecule is Cc1ccc(N2CCC(NC(=O)N3CCC(C(=O)O)CC3)C2=O)cc1. The number of hydrogen-bond donors (Lipinski definition) is 2. The third-order valence-corrected chi connectivity index (χ3v) is 4.98. The molecule has 7 nitrogen and oxygen atoms in total. The fourth-order valence-electron chi connectivity index (χ4n) is 3.36. The lowest BCUT2D eigenvalue weighted by atomic mass is 9.97. The van der Waals surface area contributed by atoms with Crippen molar-refractivity contribution in [2.75, 3.05) is 24.5 Å². The highest BCUT2D eigenvalue weighted by molar-refractivity contribution is 6.01. The molecule has 3 amide bonds. The highest BCUT2D eigenvalue weighted by Crippen LogP contribution is 2.23. The molecular formula is C18H23N3O4. The predicted octanol–water partition coefficient (Wildman–Crippen LogP) is 1.61. The number of rotatable bonds is 3. The number of aliphatic carboxylic acids is 1. The number of hydrogen-bond acceptors (Lipinski definition) is 3. The maximum Gasteiger partial charge on any atom is 0.318 e. The Morgan fingerprint density at radius 3 is 2.32 bits per heavy atom. The number of carbonyl (C=O) groups excluding carboxylic acids is 2. The number of urea groups is 1. The first-order valence-corrected chi connectivity index (χ1v) is 8.62. The fourth-order valence-corrected chi connectivity index (χ4v) is 3.36. The van der Waals surface area contributed by atoms with Crippen LogP contribution in [0.1, 0.15) is 24.8 Å². The maximum absolute atomic E-state index is 12.6. The molecule has 1 aromatic carbocycles.